The maximum absolute atomic E-state index is 14.1. The van der Waals surface area contributed by atoms with E-state index in [1.807, 2.05) is 11.9 Å². The Kier molecular flexibility index (Phi) is 6.41. The second-order valence-electron chi connectivity index (χ2n) is 7.41. The van der Waals surface area contributed by atoms with E-state index in [0.29, 0.717) is 43.2 Å². The van der Waals surface area contributed by atoms with Crippen molar-refractivity contribution in [2.45, 2.75) is 38.8 Å². The molecule has 1 heterocycles. The minimum atomic E-state index is -1.41. The summed E-state index contributed by atoms with van der Waals surface area (Å²) in [5, 5.41) is 10.9. The van der Waals surface area contributed by atoms with Gasteiger partial charge in [0.25, 0.3) is 5.91 Å². The topological polar surface area (TPSA) is 53.0 Å². The van der Waals surface area contributed by atoms with E-state index in [9.17, 15) is 14.3 Å². The van der Waals surface area contributed by atoms with Gasteiger partial charge in [0.15, 0.2) is 5.60 Å². The number of piperidine rings is 1. The molecule has 5 nitrogen and oxygen atoms in total. The van der Waals surface area contributed by atoms with Crippen LogP contribution < -0.4 is 4.74 Å². The summed E-state index contributed by atoms with van der Waals surface area (Å²) in [6.45, 7) is 5.95. The van der Waals surface area contributed by atoms with Gasteiger partial charge in [0.05, 0.1) is 7.11 Å². The number of amides is 1. The van der Waals surface area contributed by atoms with Crippen molar-refractivity contribution in [2.24, 2.45) is 5.92 Å². The summed E-state index contributed by atoms with van der Waals surface area (Å²) in [6, 6.07) is 4.49. The minimum Gasteiger partial charge on any atom is -0.497 e. The molecule has 1 amide bonds. The van der Waals surface area contributed by atoms with Crippen LogP contribution in [-0.2, 0) is 11.3 Å². The molecule has 0 aliphatic carbocycles. The van der Waals surface area contributed by atoms with Crippen molar-refractivity contribution in [1.82, 2.24) is 9.80 Å². The quantitative estimate of drug-likeness (QED) is 0.818. The second-order valence-corrected chi connectivity index (χ2v) is 7.41. The summed E-state index contributed by atoms with van der Waals surface area (Å²) in [4.78, 5) is 16.4. The van der Waals surface area contributed by atoms with E-state index in [4.69, 9.17) is 4.74 Å². The first kappa shape index (κ1) is 19.7. The van der Waals surface area contributed by atoms with Crippen LogP contribution in [-0.4, -0.2) is 60.2 Å². The molecule has 25 heavy (non-hydrogen) atoms. The molecule has 1 aromatic carbocycles. The SMILES string of the molecule is COc1ccc(F)c(CN2CCC[C@@](O)(CN(C)CC(C)C)C2=O)c1. The zero-order chi connectivity index (χ0) is 18.6. The normalized spacial score (nSPS) is 21.3. The van der Waals surface area contributed by atoms with Gasteiger partial charge in [0.1, 0.15) is 11.6 Å². The smallest absolute Gasteiger partial charge is 0.256 e. The fourth-order valence-corrected chi connectivity index (χ4v) is 3.50. The van der Waals surface area contributed by atoms with Crippen LogP contribution in [0.2, 0.25) is 0 Å². The molecule has 1 atom stereocenters. The first-order valence-electron chi connectivity index (χ1n) is 8.78. The van der Waals surface area contributed by atoms with Crippen LogP contribution >= 0.6 is 0 Å². The van der Waals surface area contributed by atoms with E-state index in [1.165, 1.54) is 13.2 Å². The Morgan fingerprint density at radius 3 is 2.80 bits per heavy atom. The lowest BCUT2D eigenvalue weighted by molar-refractivity contribution is -0.160. The lowest BCUT2D eigenvalue weighted by Gasteiger charge is -2.40. The number of likely N-dealkylation sites (tertiary alicyclic amines) is 1. The summed E-state index contributed by atoms with van der Waals surface area (Å²) in [6.07, 6.45) is 1.13. The van der Waals surface area contributed by atoms with Gasteiger partial charge in [-0.3, -0.25) is 4.79 Å². The average molecular weight is 352 g/mol. The summed E-state index contributed by atoms with van der Waals surface area (Å²) in [5.74, 6) is 0.304. The first-order valence-corrected chi connectivity index (χ1v) is 8.78. The maximum Gasteiger partial charge on any atom is 0.256 e. The molecule has 0 aromatic heterocycles. The number of nitrogens with zero attached hydrogens (tertiary/aromatic N) is 2. The third-order valence-corrected chi connectivity index (χ3v) is 4.53. The molecule has 6 heteroatoms. The predicted molar refractivity (Wildman–Crippen MR) is 94.9 cm³/mol. The highest BCUT2D eigenvalue weighted by Gasteiger charge is 2.43. The van der Waals surface area contributed by atoms with Crippen molar-refractivity contribution in [1.29, 1.82) is 0 Å². The lowest BCUT2D eigenvalue weighted by Crippen LogP contribution is -2.58. The second kappa shape index (κ2) is 8.15. The van der Waals surface area contributed by atoms with E-state index in [2.05, 4.69) is 13.8 Å². The molecule has 1 fully saturated rings. The number of carbonyl (C=O) groups is 1. The molecular weight excluding hydrogens is 323 g/mol. The van der Waals surface area contributed by atoms with E-state index in [0.717, 1.165) is 6.54 Å². The van der Waals surface area contributed by atoms with Crippen molar-refractivity contribution >= 4 is 5.91 Å². The number of halogens is 1. The molecule has 1 aromatic rings. The summed E-state index contributed by atoms with van der Waals surface area (Å²) < 4.78 is 19.2. The van der Waals surface area contributed by atoms with Gasteiger partial charge in [0, 0.05) is 31.7 Å². The standard InChI is InChI=1S/C19H29FN2O3/c1-14(2)11-21(3)13-19(24)8-5-9-22(18(19)23)12-15-10-16(25-4)6-7-17(15)20/h6-7,10,14,24H,5,8-9,11-13H2,1-4H3/t19-/m1/s1. The number of hydrogen-bond acceptors (Lipinski definition) is 4. The Labute approximate surface area is 149 Å². The number of likely N-dealkylation sites (N-methyl/N-ethyl adjacent to an activating group) is 1. The van der Waals surface area contributed by atoms with E-state index in [-0.39, 0.29) is 18.3 Å². The number of carbonyl (C=O) groups excluding carboxylic acids is 1. The zero-order valence-electron chi connectivity index (χ0n) is 15.6. The predicted octanol–water partition coefficient (Wildman–Crippen LogP) is 2.28. The van der Waals surface area contributed by atoms with Crippen LogP contribution in [0.15, 0.2) is 18.2 Å². The maximum atomic E-state index is 14.1. The van der Waals surface area contributed by atoms with E-state index >= 15 is 0 Å². The van der Waals surface area contributed by atoms with Gasteiger partial charge in [-0.2, -0.15) is 0 Å². The molecule has 1 N–H and O–H groups in total. The third kappa shape index (κ3) is 4.92. The molecular formula is C19H29FN2O3. The molecule has 0 bridgehead atoms. The van der Waals surface area contributed by atoms with Crippen LogP contribution in [0.5, 0.6) is 5.75 Å². The fourth-order valence-electron chi connectivity index (χ4n) is 3.50. The van der Waals surface area contributed by atoms with Crippen molar-refractivity contribution in [3.05, 3.63) is 29.6 Å². The Balaban J connectivity index is 2.11. The van der Waals surface area contributed by atoms with E-state index < -0.39 is 5.60 Å². The van der Waals surface area contributed by atoms with Crippen LogP contribution in [0, 0.1) is 11.7 Å². The summed E-state index contributed by atoms with van der Waals surface area (Å²) in [7, 11) is 3.43. The van der Waals surface area contributed by atoms with Gasteiger partial charge in [-0.05, 0) is 44.0 Å². The molecule has 1 aliphatic heterocycles. The molecule has 1 saturated heterocycles. The highest BCUT2D eigenvalue weighted by molar-refractivity contribution is 5.86. The van der Waals surface area contributed by atoms with Crippen LogP contribution in [0.25, 0.3) is 0 Å². The highest BCUT2D eigenvalue weighted by atomic mass is 19.1. The Morgan fingerprint density at radius 2 is 2.16 bits per heavy atom. The first-order chi connectivity index (χ1) is 11.7. The van der Waals surface area contributed by atoms with Crippen LogP contribution in [0.3, 0.4) is 0 Å². The fraction of sp³-hybridized carbons (Fsp3) is 0.632. The molecule has 2 rings (SSSR count). The Bertz CT molecular complexity index is 608. The van der Waals surface area contributed by atoms with E-state index in [1.54, 1.807) is 17.0 Å². The van der Waals surface area contributed by atoms with Crippen molar-refractivity contribution in [3.8, 4) is 5.75 Å². The summed E-state index contributed by atoms with van der Waals surface area (Å²) >= 11 is 0. The largest absolute Gasteiger partial charge is 0.497 e. The van der Waals surface area contributed by atoms with Gasteiger partial charge >= 0.3 is 0 Å². The van der Waals surface area contributed by atoms with Crippen LogP contribution in [0.1, 0.15) is 32.3 Å². The number of hydrogen-bond donors (Lipinski definition) is 1. The zero-order valence-corrected chi connectivity index (χ0v) is 15.6. The molecule has 140 valence electrons. The van der Waals surface area contributed by atoms with Gasteiger partial charge in [-0.25, -0.2) is 4.39 Å². The highest BCUT2D eigenvalue weighted by Crippen LogP contribution is 2.27. The van der Waals surface area contributed by atoms with Gasteiger partial charge in [-0.1, -0.05) is 13.8 Å². The monoisotopic (exact) mass is 352 g/mol. The molecule has 0 saturated carbocycles. The van der Waals surface area contributed by atoms with Crippen LogP contribution in [0.4, 0.5) is 4.39 Å². The molecule has 0 spiro atoms. The average Bonchev–Trinajstić information content (AvgIpc) is 2.53. The molecule has 0 radical (unpaired) electrons. The third-order valence-electron chi connectivity index (χ3n) is 4.53. The Morgan fingerprint density at radius 1 is 1.44 bits per heavy atom. The Hall–Kier alpha value is -1.66. The van der Waals surface area contributed by atoms with Gasteiger partial charge < -0.3 is 19.6 Å². The van der Waals surface area contributed by atoms with Crippen molar-refractivity contribution < 1.29 is 19.0 Å². The van der Waals surface area contributed by atoms with Crippen molar-refractivity contribution in [3.63, 3.8) is 0 Å². The summed E-state index contributed by atoms with van der Waals surface area (Å²) in [5.41, 5.74) is -1.01. The number of rotatable bonds is 7. The minimum absolute atomic E-state index is 0.137. The molecule has 0 unspecified atom stereocenters. The van der Waals surface area contributed by atoms with Gasteiger partial charge in [0.2, 0.25) is 0 Å². The molecule has 1 aliphatic rings. The van der Waals surface area contributed by atoms with Gasteiger partial charge in [-0.15, -0.1) is 0 Å². The number of methoxy groups -OCH3 is 1. The number of ether oxygens (including phenoxy) is 1. The lowest BCUT2D eigenvalue weighted by atomic mass is 9.90. The number of aliphatic hydroxyl groups is 1. The van der Waals surface area contributed by atoms with Crippen molar-refractivity contribution in [2.75, 3.05) is 33.8 Å². The number of benzene rings is 1.